The fraction of sp³-hybridized carbons (Fsp3) is 0.562. The van der Waals surface area contributed by atoms with Crippen LogP contribution in [-0.2, 0) is 11.2 Å². The van der Waals surface area contributed by atoms with Gasteiger partial charge in [-0.2, -0.15) is 0 Å². The van der Waals surface area contributed by atoms with Crippen LogP contribution in [0.4, 0.5) is 5.69 Å². The van der Waals surface area contributed by atoms with Crippen LogP contribution in [0.1, 0.15) is 38.2 Å². The summed E-state index contributed by atoms with van der Waals surface area (Å²) in [6.45, 7) is 4.06. The predicted molar refractivity (Wildman–Crippen MR) is 78.3 cm³/mol. The third-order valence-electron chi connectivity index (χ3n) is 3.77. The van der Waals surface area contributed by atoms with Crippen LogP contribution in [0, 0.1) is 5.92 Å². The topological polar surface area (TPSA) is 43.2 Å². The summed E-state index contributed by atoms with van der Waals surface area (Å²) < 4.78 is 0. The van der Waals surface area contributed by atoms with Gasteiger partial charge in [0.15, 0.2) is 0 Å². The van der Waals surface area contributed by atoms with Crippen molar-refractivity contribution < 1.29 is 4.79 Å². The fourth-order valence-corrected chi connectivity index (χ4v) is 2.59. The van der Waals surface area contributed by atoms with E-state index in [2.05, 4.69) is 23.6 Å². The van der Waals surface area contributed by atoms with Crippen LogP contribution < -0.4 is 10.6 Å². The number of amides is 1. The van der Waals surface area contributed by atoms with Crippen LogP contribution in [0.25, 0.3) is 0 Å². The van der Waals surface area contributed by atoms with Crippen LogP contribution in [0.3, 0.4) is 0 Å². The number of nitrogens with one attached hydrogen (secondary N) is 1. The fourth-order valence-electron chi connectivity index (χ4n) is 2.59. The summed E-state index contributed by atoms with van der Waals surface area (Å²) in [6, 6.07) is 8.02. The number of anilines is 1. The van der Waals surface area contributed by atoms with Crippen molar-refractivity contribution in [1.29, 1.82) is 0 Å². The van der Waals surface area contributed by atoms with Crippen LogP contribution in [0.2, 0.25) is 0 Å². The molecule has 0 aromatic heterocycles. The molecule has 1 aliphatic heterocycles. The minimum Gasteiger partial charge on any atom is -0.326 e. The lowest BCUT2D eigenvalue weighted by atomic mass is 9.94. The minimum absolute atomic E-state index is 0.131. The van der Waals surface area contributed by atoms with Crippen molar-refractivity contribution in [2.24, 2.45) is 5.92 Å². The third kappa shape index (κ3) is 4.35. The number of carbonyl (C=O) groups is 1. The van der Waals surface area contributed by atoms with Crippen molar-refractivity contribution in [1.82, 2.24) is 5.32 Å². The maximum Gasteiger partial charge on any atom is 0.224 e. The highest BCUT2D eigenvalue weighted by atomic mass is 16.1. The van der Waals surface area contributed by atoms with Gasteiger partial charge in [-0.15, -0.1) is 0 Å². The monoisotopic (exact) mass is 259 g/mol. The standard InChI is InChI=1S/C16H23N2O/c1-2-14-7-3-4-8-15(14)18-16(19)10-9-13-6-5-11-17-12-13/h3-4,7-8,13H,2,5-6,9-12H2,1H3,(H,18,19). The Morgan fingerprint density at radius 1 is 1.42 bits per heavy atom. The molecule has 1 saturated heterocycles. The summed E-state index contributed by atoms with van der Waals surface area (Å²) in [5, 5.41) is 7.45. The van der Waals surface area contributed by atoms with E-state index in [-0.39, 0.29) is 5.91 Å². The maximum absolute atomic E-state index is 12.0. The van der Waals surface area contributed by atoms with Gasteiger partial charge in [-0.25, -0.2) is 5.32 Å². The quantitative estimate of drug-likeness (QED) is 0.868. The molecule has 103 valence electrons. The Balaban J connectivity index is 1.80. The second-order valence-electron chi connectivity index (χ2n) is 5.24. The van der Waals surface area contributed by atoms with Crippen LogP contribution >= 0.6 is 0 Å². The molecule has 19 heavy (non-hydrogen) atoms. The average Bonchev–Trinajstić information content (AvgIpc) is 2.47. The Kier molecular flexibility index (Phi) is 5.40. The molecule has 1 amide bonds. The van der Waals surface area contributed by atoms with Crippen molar-refractivity contribution in [3.8, 4) is 0 Å². The molecule has 1 radical (unpaired) electrons. The van der Waals surface area contributed by atoms with Crippen molar-refractivity contribution in [3.05, 3.63) is 29.8 Å². The third-order valence-corrected chi connectivity index (χ3v) is 3.77. The first-order chi connectivity index (χ1) is 9.29. The number of rotatable bonds is 5. The van der Waals surface area contributed by atoms with Gasteiger partial charge < -0.3 is 5.32 Å². The van der Waals surface area contributed by atoms with Crippen molar-refractivity contribution in [2.45, 2.75) is 39.0 Å². The lowest BCUT2D eigenvalue weighted by molar-refractivity contribution is -0.116. The van der Waals surface area contributed by atoms with Gasteiger partial charge in [0.2, 0.25) is 5.91 Å². The van der Waals surface area contributed by atoms with Crippen LogP contribution in [0.15, 0.2) is 24.3 Å². The zero-order valence-electron chi connectivity index (χ0n) is 11.7. The molecule has 1 heterocycles. The van der Waals surface area contributed by atoms with Gasteiger partial charge in [0, 0.05) is 25.2 Å². The van der Waals surface area contributed by atoms with E-state index in [1.807, 2.05) is 18.2 Å². The summed E-state index contributed by atoms with van der Waals surface area (Å²) in [4.78, 5) is 12.0. The Hall–Kier alpha value is -1.35. The molecule has 0 saturated carbocycles. The minimum atomic E-state index is 0.131. The summed E-state index contributed by atoms with van der Waals surface area (Å²) in [6.07, 6.45) is 4.92. The Morgan fingerprint density at radius 3 is 3.00 bits per heavy atom. The number of benzene rings is 1. The second kappa shape index (κ2) is 7.29. The maximum atomic E-state index is 12.0. The van der Waals surface area contributed by atoms with E-state index in [9.17, 15) is 4.79 Å². The van der Waals surface area contributed by atoms with Crippen molar-refractivity contribution in [2.75, 3.05) is 18.4 Å². The van der Waals surface area contributed by atoms with Gasteiger partial charge in [0.1, 0.15) is 0 Å². The molecule has 2 rings (SSSR count). The van der Waals surface area contributed by atoms with Gasteiger partial charge in [-0.3, -0.25) is 4.79 Å². The molecule has 1 aromatic carbocycles. The number of hydrogen-bond donors (Lipinski definition) is 1. The lowest BCUT2D eigenvalue weighted by Gasteiger charge is -2.21. The summed E-state index contributed by atoms with van der Waals surface area (Å²) in [5.74, 6) is 0.743. The largest absolute Gasteiger partial charge is 0.326 e. The van der Waals surface area contributed by atoms with Gasteiger partial charge in [0.25, 0.3) is 0 Å². The SMILES string of the molecule is CCc1ccccc1NC(=O)CCC1CCC[N]C1. The van der Waals surface area contributed by atoms with Gasteiger partial charge in [-0.05, 0) is 43.2 Å². The summed E-state index contributed by atoms with van der Waals surface area (Å²) in [5.41, 5.74) is 2.16. The number of piperidine rings is 1. The Labute approximate surface area is 115 Å². The lowest BCUT2D eigenvalue weighted by Crippen LogP contribution is -2.25. The van der Waals surface area contributed by atoms with Crippen LogP contribution in [0.5, 0.6) is 0 Å². The van der Waals surface area contributed by atoms with E-state index in [1.54, 1.807) is 0 Å². The van der Waals surface area contributed by atoms with Crippen LogP contribution in [-0.4, -0.2) is 19.0 Å². The van der Waals surface area contributed by atoms with E-state index >= 15 is 0 Å². The molecule has 1 N–H and O–H groups in total. The number of aryl methyl sites for hydroxylation is 1. The molecule has 1 unspecified atom stereocenters. The normalized spacial score (nSPS) is 19.1. The van der Waals surface area contributed by atoms with Crippen molar-refractivity contribution >= 4 is 11.6 Å². The zero-order valence-corrected chi connectivity index (χ0v) is 11.7. The van der Waals surface area contributed by atoms with Gasteiger partial charge in [-0.1, -0.05) is 25.1 Å². The predicted octanol–water partition coefficient (Wildman–Crippen LogP) is 2.98. The Bertz CT molecular complexity index is 411. The van der Waals surface area contributed by atoms with E-state index in [0.717, 1.165) is 31.6 Å². The first-order valence-corrected chi connectivity index (χ1v) is 7.30. The zero-order chi connectivity index (χ0) is 13.5. The molecule has 0 spiro atoms. The highest BCUT2D eigenvalue weighted by Gasteiger charge is 2.15. The average molecular weight is 259 g/mol. The number of nitrogens with zero attached hydrogens (tertiary/aromatic N) is 1. The highest BCUT2D eigenvalue weighted by molar-refractivity contribution is 5.91. The molecular weight excluding hydrogens is 236 g/mol. The molecule has 0 bridgehead atoms. The smallest absolute Gasteiger partial charge is 0.224 e. The first-order valence-electron chi connectivity index (χ1n) is 7.30. The molecule has 3 nitrogen and oxygen atoms in total. The molecule has 1 atom stereocenters. The highest BCUT2D eigenvalue weighted by Crippen LogP contribution is 2.19. The van der Waals surface area contributed by atoms with Gasteiger partial charge in [0.05, 0.1) is 0 Å². The first kappa shape index (κ1) is 14.1. The molecular formula is C16H23N2O. The van der Waals surface area contributed by atoms with E-state index in [1.165, 1.54) is 18.4 Å². The number of hydrogen-bond acceptors (Lipinski definition) is 1. The van der Waals surface area contributed by atoms with Gasteiger partial charge >= 0.3 is 0 Å². The number of para-hydroxylation sites is 1. The second-order valence-corrected chi connectivity index (χ2v) is 5.24. The summed E-state index contributed by atoms with van der Waals surface area (Å²) >= 11 is 0. The molecule has 1 aliphatic rings. The Morgan fingerprint density at radius 2 is 2.26 bits per heavy atom. The molecule has 0 aliphatic carbocycles. The summed E-state index contributed by atoms with van der Waals surface area (Å²) in [7, 11) is 0. The van der Waals surface area contributed by atoms with E-state index in [4.69, 9.17) is 0 Å². The van der Waals surface area contributed by atoms with Crippen molar-refractivity contribution in [3.63, 3.8) is 0 Å². The van der Waals surface area contributed by atoms with E-state index in [0.29, 0.717) is 12.3 Å². The molecule has 1 fully saturated rings. The number of carbonyl (C=O) groups excluding carboxylic acids is 1. The van der Waals surface area contributed by atoms with E-state index < -0.39 is 0 Å². The molecule has 1 aromatic rings. The molecule has 3 heteroatoms.